The molecule has 31 heavy (non-hydrogen) atoms. The van der Waals surface area contributed by atoms with Gasteiger partial charge in [-0.15, -0.1) is 0 Å². The van der Waals surface area contributed by atoms with E-state index in [9.17, 15) is 8.78 Å². The number of aromatic nitrogens is 1. The van der Waals surface area contributed by atoms with Crippen LogP contribution in [0.3, 0.4) is 0 Å². The molecule has 1 fully saturated rings. The molecular weight excluding hydrogens is 404 g/mol. The summed E-state index contributed by atoms with van der Waals surface area (Å²) in [6.07, 6.45) is 3.77. The van der Waals surface area contributed by atoms with E-state index in [0.29, 0.717) is 17.3 Å². The number of hydrogen-bond donors (Lipinski definition) is 2. The van der Waals surface area contributed by atoms with Gasteiger partial charge in [-0.1, -0.05) is 6.07 Å². The zero-order valence-corrected chi connectivity index (χ0v) is 18.1. The van der Waals surface area contributed by atoms with Gasteiger partial charge in [0.05, 0.1) is 7.11 Å². The predicted molar refractivity (Wildman–Crippen MR) is 117 cm³/mol. The van der Waals surface area contributed by atoms with E-state index in [1.165, 1.54) is 13.2 Å². The van der Waals surface area contributed by atoms with Crippen molar-refractivity contribution < 1.29 is 18.3 Å². The number of nitrogens with zero attached hydrogens (tertiary/aromatic N) is 3. The first-order valence-corrected chi connectivity index (χ1v) is 10.2. The molecule has 0 bridgehead atoms. The number of piperidine rings is 1. The summed E-state index contributed by atoms with van der Waals surface area (Å²) in [4.78, 5) is 11.0. The maximum atomic E-state index is 12.8. The summed E-state index contributed by atoms with van der Waals surface area (Å²) in [6.45, 7) is 1.21. The van der Waals surface area contributed by atoms with Gasteiger partial charge in [-0.25, -0.2) is 4.98 Å². The molecule has 0 spiro atoms. The van der Waals surface area contributed by atoms with E-state index in [1.807, 2.05) is 13.1 Å². The van der Waals surface area contributed by atoms with Crippen LogP contribution >= 0.6 is 0 Å². The summed E-state index contributed by atoms with van der Waals surface area (Å²) >= 11 is 0. The Morgan fingerprint density at radius 2 is 2.03 bits per heavy atom. The average molecular weight is 434 g/mol. The van der Waals surface area contributed by atoms with Gasteiger partial charge in [-0.2, -0.15) is 8.78 Å². The lowest BCUT2D eigenvalue weighted by molar-refractivity contribution is -0.0505. The number of benzene rings is 1. The van der Waals surface area contributed by atoms with Crippen molar-refractivity contribution in [2.24, 2.45) is 4.99 Å². The molecule has 2 heterocycles. The minimum absolute atomic E-state index is 0.0798. The monoisotopic (exact) mass is 433 g/mol. The SMILES string of the molecule is CN=C(NCc1ccc(OC)cc1OC(F)F)NC1CCN(c2ccc(C)cn2)CC1. The first-order valence-electron chi connectivity index (χ1n) is 10.2. The summed E-state index contributed by atoms with van der Waals surface area (Å²) < 4.78 is 35.2. The van der Waals surface area contributed by atoms with Crippen molar-refractivity contribution in [2.45, 2.75) is 39.0 Å². The second kappa shape index (κ2) is 10.8. The van der Waals surface area contributed by atoms with Crippen LogP contribution in [0.2, 0.25) is 0 Å². The van der Waals surface area contributed by atoms with E-state index in [0.717, 1.165) is 37.3 Å². The third-order valence-electron chi connectivity index (χ3n) is 5.22. The fourth-order valence-electron chi connectivity index (χ4n) is 3.48. The van der Waals surface area contributed by atoms with Crippen molar-refractivity contribution in [3.8, 4) is 11.5 Å². The summed E-state index contributed by atoms with van der Waals surface area (Å²) in [5.41, 5.74) is 1.73. The Labute approximate surface area is 181 Å². The molecule has 1 aromatic carbocycles. The average Bonchev–Trinajstić information content (AvgIpc) is 2.78. The molecule has 1 aliphatic rings. The maximum absolute atomic E-state index is 12.8. The van der Waals surface area contributed by atoms with Crippen LogP contribution in [-0.4, -0.2) is 50.8 Å². The molecule has 7 nitrogen and oxygen atoms in total. The van der Waals surface area contributed by atoms with E-state index in [4.69, 9.17) is 4.74 Å². The van der Waals surface area contributed by atoms with E-state index < -0.39 is 6.61 Å². The van der Waals surface area contributed by atoms with Gasteiger partial charge in [0.25, 0.3) is 0 Å². The summed E-state index contributed by atoms with van der Waals surface area (Å²) in [7, 11) is 3.16. The molecule has 0 amide bonds. The number of aliphatic imine (C=N–C) groups is 1. The lowest BCUT2D eigenvalue weighted by Crippen LogP contribution is -2.48. The van der Waals surface area contributed by atoms with Crippen LogP contribution in [0.25, 0.3) is 0 Å². The standard InChI is InChI=1S/C22H29F2N5O2/c1-15-4-7-20(26-13-15)29-10-8-17(9-11-29)28-22(25-2)27-14-16-5-6-18(30-3)12-19(16)31-21(23)24/h4-7,12-13,17,21H,8-11,14H2,1-3H3,(H2,25,27,28). The number of anilines is 1. The number of guanidine groups is 1. The van der Waals surface area contributed by atoms with Crippen LogP contribution in [-0.2, 0) is 6.54 Å². The smallest absolute Gasteiger partial charge is 0.387 e. The van der Waals surface area contributed by atoms with E-state index in [2.05, 4.69) is 42.4 Å². The summed E-state index contributed by atoms with van der Waals surface area (Å²) in [5.74, 6) is 2.15. The van der Waals surface area contributed by atoms with Gasteiger partial charge in [0, 0.05) is 50.6 Å². The Morgan fingerprint density at radius 1 is 1.26 bits per heavy atom. The number of hydrogen-bond acceptors (Lipinski definition) is 5. The minimum Gasteiger partial charge on any atom is -0.497 e. The fraction of sp³-hybridized carbons (Fsp3) is 0.455. The normalized spacial score (nSPS) is 15.2. The lowest BCUT2D eigenvalue weighted by atomic mass is 10.1. The molecular formula is C22H29F2N5O2. The molecule has 3 rings (SSSR count). The van der Waals surface area contributed by atoms with Gasteiger partial charge in [0.2, 0.25) is 0 Å². The van der Waals surface area contributed by atoms with Crippen molar-refractivity contribution in [3.63, 3.8) is 0 Å². The zero-order chi connectivity index (χ0) is 22.2. The first kappa shape index (κ1) is 22.6. The molecule has 0 radical (unpaired) electrons. The van der Waals surface area contributed by atoms with Gasteiger partial charge in [-0.05, 0) is 43.5 Å². The Bertz CT molecular complexity index is 869. The summed E-state index contributed by atoms with van der Waals surface area (Å²) in [5, 5.41) is 6.60. The van der Waals surface area contributed by atoms with Crippen molar-refractivity contribution in [1.82, 2.24) is 15.6 Å². The highest BCUT2D eigenvalue weighted by molar-refractivity contribution is 5.80. The first-order chi connectivity index (χ1) is 15.0. The molecule has 9 heteroatoms. The molecule has 2 aromatic rings. The Hall–Kier alpha value is -3.10. The molecule has 2 N–H and O–H groups in total. The molecule has 1 aromatic heterocycles. The minimum atomic E-state index is -2.91. The predicted octanol–water partition coefficient (Wildman–Crippen LogP) is 3.33. The van der Waals surface area contributed by atoms with Crippen molar-refractivity contribution in [3.05, 3.63) is 47.7 Å². The van der Waals surface area contributed by atoms with Crippen LogP contribution < -0.4 is 25.0 Å². The van der Waals surface area contributed by atoms with Crippen molar-refractivity contribution in [1.29, 1.82) is 0 Å². The van der Waals surface area contributed by atoms with Gasteiger partial charge < -0.3 is 25.0 Å². The highest BCUT2D eigenvalue weighted by Gasteiger charge is 2.21. The second-order valence-corrected chi connectivity index (χ2v) is 7.38. The number of nitrogens with one attached hydrogen (secondary N) is 2. The summed E-state index contributed by atoms with van der Waals surface area (Å²) in [6, 6.07) is 9.25. The molecule has 1 aliphatic heterocycles. The largest absolute Gasteiger partial charge is 0.497 e. The van der Waals surface area contributed by atoms with Crippen LogP contribution in [0.1, 0.15) is 24.0 Å². The lowest BCUT2D eigenvalue weighted by Gasteiger charge is -2.33. The van der Waals surface area contributed by atoms with Gasteiger partial charge in [-0.3, -0.25) is 4.99 Å². The highest BCUT2D eigenvalue weighted by atomic mass is 19.3. The highest BCUT2D eigenvalue weighted by Crippen LogP contribution is 2.26. The van der Waals surface area contributed by atoms with E-state index in [1.54, 1.807) is 19.2 Å². The molecule has 168 valence electrons. The molecule has 1 saturated heterocycles. The Balaban J connectivity index is 1.53. The third kappa shape index (κ3) is 6.44. The molecule has 0 saturated carbocycles. The zero-order valence-electron chi connectivity index (χ0n) is 18.1. The maximum Gasteiger partial charge on any atom is 0.387 e. The number of rotatable bonds is 7. The Morgan fingerprint density at radius 3 is 2.65 bits per heavy atom. The second-order valence-electron chi connectivity index (χ2n) is 7.38. The third-order valence-corrected chi connectivity index (χ3v) is 5.22. The van der Waals surface area contributed by atoms with Crippen LogP contribution in [0.5, 0.6) is 11.5 Å². The van der Waals surface area contributed by atoms with Crippen LogP contribution in [0, 0.1) is 6.92 Å². The van der Waals surface area contributed by atoms with Gasteiger partial charge in [0.15, 0.2) is 5.96 Å². The van der Waals surface area contributed by atoms with Gasteiger partial charge in [0.1, 0.15) is 17.3 Å². The van der Waals surface area contributed by atoms with E-state index in [-0.39, 0.29) is 18.3 Å². The van der Waals surface area contributed by atoms with E-state index >= 15 is 0 Å². The number of methoxy groups -OCH3 is 1. The van der Waals surface area contributed by atoms with Crippen molar-refractivity contribution in [2.75, 3.05) is 32.1 Å². The number of aryl methyl sites for hydroxylation is 1. The fourth-order valence-corrected chi connectivity index (χ4v) is 3.48. The van der Waals surface area contributed by atoms with Crippen LogP contribution in [0.4, 0.5) is 14.6 Å². The van der Waals surface area contributed by atoms with Gasteiger partial charge >= 0.3 is 6.61 Å². The topological polar surface area (TPSA) is 71.0 Å². The molecule has 0 aliphatic carbocycles. The van der Waals surface area contributed by atoms with Crippen LogP contribution in [0.15, 0.2) is 41.5 Å². The number of alkyl halides is 2. The molecule has 0 atom stereocenters. The Kier molecular flexibility index (Phi) is 7.86. The number of pyridine rings is 1. The quantitative estimate of drug-likeness (QED) is 0.516. The molecule has 0 unspecified atom stereocenters. The number of halogens is 2. The number of ether oxygens (including phenoxy) is 2. The van der Waals surface area contributed by atoms with Crippen molar-refractivity contribution >= 4 is 11.8 Å².